The van der Waals surface area contributed by atoms with Gasteiger partial charge in [-0.05, 0) is 61.6 Å². The van der Waals surface area contributed by atoms with Crippen LogP contribution in [0.3, 0.4) is 0 Å². The number of hydrogen-bond acceptors (Lipinski definition) is 6. The lowest BCUT2D eigenvalue weighted by atomic mass is 9.84. The normalized spacial score (nSPS) is 25.7. The summed E-state index contributed by atoms with van der Waals surface area (Å²) in [5.41, 5.74) is 2.59. The molecule has 3 aliphatic rings. The van der Waals surface area contributed by atoms with E-state index in [1.807, 2.05) is 35.2 Å². The van der Waals surface area contributed by atoms with E-state index >= 15 is 0 Å². The van der Waals surface area contributed by atoms with Crippen LogP contribution in [0.25, 0.3) is 0 Å². The van der Waals surface area contributed by atoms with Gasteiger partial charge < -0.3 is 24.8 Å². The molecule has 2 N–H and O–H groups in total. The number of hydrogen-bond donors (Lipinski definition) is 2. The molecule has 2 fully saturated rings. The average Bonchev–Trinajstić information content (AvgIpc) is 3.22. The maximum Gasteiger partial charge on any atom is 0.228 e. The Morgan fingerprint density at radius 2 is 1.91 bits per heavy atom. The van der Waals surface area contributed by atoms with Crippen molar-refractivity contribution in [3.8, 4) is 5.75 Å². The standard InChI is InChI=1S/C26H31N3O5/c30-16-23-26-21(14-19(33-23)15-25(32)29-10-2-1-3-11-29)20-13-18(4-5-22(20)34-26)28-24(31)12-17-6-8-27-9-7-17/h4-9,13,19,21,23,26,30H,1-3,10-12,14-16H2,(H,28,31)/t19-,21+,23-,26-/m1/s1. The number of carbonyl (C=O) groups is 2. The number of aromatic nitrogens is 1. The Kier molecular flexibility index (Phi) is 6.78. The van der Waals surface area contributed by atoms with Gasteiger partial charge in [-0.1, -0.05) is 0 Å². The lowest BCUT2D eigenvalue weighted by Crippen LogP contribution is -2.48. The van der Waals surface area contributed by atoms with Crippen LogP contribution in [0.5, 0.6) is 5.75 Å². The minimum atomic E-state index is -0.491. The molecular weight excluding hydrogens is 434 g/mol. The number of aliphatic hydroxyl groups is 1. The second kappa shape index (κ2) is 10.1. The summed E-state index contributed by atoms with van der Waals surface area (Å²) in [5.74, 6) is 0.757. The third kappa shape index (κ3) is 4.93. The number of nitrogens with one attached hydrogen (secondary N) is 1. The molecule has 8 nitrogen and oxygen atoms in total. The van der Waals surface area contributed by atoms with Crippen molar-refractivity contribution in [2.45, 2.75) is 62.8 Å². The molecule has 180 valence electrons. The lowest BCUT2D eigenvalue weighted by Gasteiger charge is -2.38. The van der Waals surface area contributed by atoms with E-state index in [9.17, 15) is 14.7 Å². The van der Waals surface area contributed by atoms with Crippen LogP contribution in [0.4, 0.5) is 5.69 Å². The molecule has 1 aromatic heterocycles. The molecule has 2 saturated heterocycles. The van der Waals surface area contributed by atoms with Crippen LogP contribution < -0.4 is 10.1 Å². The number of anilines is 1. The molecule has 5 rings (SSSR count). The van der Waals surface area contributed by atoms with E-state index in [1.54, 1.807) is 12.4 Å². The highest BCUT2D eigenvalue weighted by Gasteiger charge is 2.46. The first kappa shape index (κ1) is 22.8. The maximum absolute atomic E-state index is 12.8. The number of amides is 2. The van der Waals surface area contributed by atoms with E-state index in [-0.39, 0.29) is 43.0 Å². The number of fused-ring (bicyclic) bond motifs is 3. The number of benzene rings is 1. The summed E-state index contributed by atoms with van der Waals surface area (Å²) in [6, 6.07) is 9.28. The summed E-state index contributed by atoms with van der Waals surface area (Å²) in [4.78, 5) is 31.3. The predicted octanol–water partition coefficient (Wildman–Crippen LogP) is 2.66. The number of rotatable bonds is 6. The Bertz CT molecular complexity index is 1020. The molecule has 4 heterocycles. The molecule has 0 spiro atoms. The summed E-state index contributed by atoms with van der Waals surface area (Å²) in [7, 11) is 0. The predicted molar refractivity (Wildman–Crippen MR) is 126 cm³/mol. The number of pyridine rings is 1. The van der Waals surface area contributed by atoms with E-state index in [4.69, 9.17) is 9.47 Å². The van der Waals surface area contributed by atoms with Gasteiger partial charge in [-0.3, -0.25) is 14.6 Å². The van der Waals surface area contributed by atoms with Gasteiger partial charge in [0.15, 0.2) is 0 Å². The third-order valence-electron chi connectivity index (χ3n) is 7.01. The highest BCUT2D eigenvalue weighted by Crippen LogP contribution is 2.47. The van der Waals surface area contributed by atoms with Crippen LogP contribution in [0.15, 0.2) is 42.7 Å². The molecule has 2 aromatic rings. The van der Waals surface area contributed by atoms with Crippen LogP contribution in [0, 0.1) is 0 Å². The summed E-state index contributed by atoms with van der Waals surface area (Å²) >= 11 is 0. The molecule has 3 aliphatic heterocycles. The van der Waals surface area contributed by atoms with Crippen molar-refractivity contribution in [2.24, 2.45) is 0 Å². The van der Waals surface area contributed by atoms with Gasteiger partial charge in [0.05, 0.1) is 25.6 Å². The molecule has 0 aliphatic carbocycles. The second-order valence-corrected chi connectivity index (χ2v) is 9.38. The lowest BCUT2D eigenvalue weighted by molar-refractivity contribution is -0.149. The van der Waals surface area contributed by atoms with Gasteiger partial charge in [0.1, 0.15) is 18.0 Å². The zero-order chi connectivity index (χ0) is 23.5. The summed E-state index contributed by atoms with van der Waals surface area (Å²) in [5, 5.41) is 12.9. The topological polar surface area (TPSA) is 101 Å². The van der Waals surface area contributed by atoms with Crippen LogP contribution >= 0.6 is 0 Å². The molecule has 0 saturated carbocycles. The zero-order valence-corrected chi connectivity index (χ0v) is 19.2. The Hall–Kier alpha value is -2.97. The monoisotopic (exact) mass is 465 g/mol. The van der Waals surface area contributed by atoms with E-state index < -0.39 is 6.10 Å². The van der Waals surface area contributed by atoms with Crippen LogP contribution in [-0.4, -0.2) is 64.8 Å². The average molecular weight is 466 g/mol. The van der Waals surface area contributed by atoms with Gasteiger partial charge in [-0.25, -0.2) is 0 Å². The molecule has 1 aromatic carbocycles. The van der Waals surface area contributed by atoms with Crippen LogP contribution in [-0.2, 0) is 20.7 Å². The molecule has 4 atom stereocenters. The quantitative estimate of drug-likeness (QED) is 0.680. The second-order valence-electron chi connectivity index (χ2n) is 9.38. The first-order valence-corrected chi connectivity index (χ1v) is 12.1. The summed E-state index contributed by atoms with van der Waals surface area (Å²) < 4.78 is 12.2. The molecule has 0 bridgehead atoms. The highest BCUT2D eigenvalue weighted by atomic mass is 16.6. The van der Waals surface area contributed by atoms with Gasteiger partial charge in [0.25, 0.3) is 0 Å². The molecule has 34 heavy (non-hydrogen) atoms. The minimum Gasteiger partial charge on any atom is -0.487 e. The van der Waals surface area contributed by atoms with E-state index in [0.29, 0.717) is 18.5 Å². The number of carbonyl (C=O) groups excluding carboxylic acids is 2. The third-order valence-corrected chi connectivity index (χ3v) is 7.01. The van der Waals surface area contributed by atoms with E-state index in [1.165, 1.54) is 6.42 Å². The highest BCUT2D eigenvalue weighted by molar-refractivity contribution is 5.92. The van der Waals surface area contributed by atoms with Gasteiger partial charge in [0, 0.05) is 42.7 Å². The van der Waals surface area contributed by atoms with Crippen molar-refractivity contribution in [1.82, 2.24) is 9.88 Å². The zero-order valence-electron chi connectivity index (χ0n) is 19.2. The Morgan fingerprint density at radius 3 is 2.68 bits per heavy atom. The molecule has 0 unspecified atom stereocenters. The molecule has 8 heteroatoms. The Balaban J connectivity index is 1.28. The van der Waals surface area contributed by atoms with E-state index in [0.717, 1.165) is 42.8 Å². The van der Waals surface area contributed by atoms with Crippen molar-refractivity contribution in [3.05, 3.63) is 53.9 Å². The van der Waals surface area contributed by atoms with Crippen LogP contribution in [0.1, 0.15) is 49.1 Å². The van der Waals surface area contributed by atoms with Crippen LogP contribution in [0.2, 0.25) is 0 Å². The maximum atomic E-state index is 12.8. The van der Waals surface area contributed by atoms with Crippen molar-refractivity contribution in [1.29, 1.82) is 0 Å². The number of aliphatic hydroxyl groups excluding tert-OH is 1. The largest absolute Gasteiger partial charge is 0.487 e. The Morgan fingerprint density at radius 1 is 1.12 bits per heavy atom. The number of ether oxygens (including phenoxy) is 2. The Labute approximate surface area is 199 Å². The fraction of sp³-hybridized carbons (Fsp3) is 0.500. The number of likely N-dealkylation sites (tertiary alicyclic amines) is 1. The molecule has 2 amide bonds. The van der Waals surface area contributed by atoms with Crippen molar-refractivity contribution in [2.75, 3.05) is 25.0 Å². The van der Waals surface area contributed by atoms with Gasteiger partial charge in [-0.2, -0.15) is 0 Å². The van der Waals surface area contributed by atoms with E-state index in [2.05, 4.69) is 10.3 Å². The molecular formula is C26H31N3O5. The fourth-order valence-electron chi connectivity index (χ4n) is 5.33. The van der Waals surface area contributed by atoms with Crippen molar-refractivity contribution in [3.63, 3.8) is 0 Å². The minimum absolute atomic E-state index is 0.00268. The van der Waals surface area contributed by atoms with Gasteiger partial charge in [-0.15, -0.1) is 0 Å². The van der Waals surface area contributed by atoms with Gasteiger partial charge >= 0.3 is 0 Å². The summed E-state index contributed by atoms with van der Waals surface area (Å²) in [6.45, 7) is 1.46. The number of piperidine rings is 1. The fourth-order valence-corrected chi connectivity index (χ4v) is 5.33. The van der Waals surface area contributed by atoms with Crippen molar-refractivity contribution >= 4 is 17.5 Å². The summed E-state index contributed by atoms with van der Waals surface area (Å²) in [6.07, 6.45) is 6.79. The number of nitrogens with zero attached hydrogens (tertiary/aromatic N) is 2. The smallest absolute Gasteiger partial charge is 0.228 e. The van der Waals surface area contributed by atoms with Gasteiger partial charge in [0.2, 0.25) is 11.8 Å². The van der Waals surface area contributed by atoms with Crippen molar-refractivity contribution < 1.29 is 24.2 Å². The first-order valence-electron chi connectivity index (χ1n) is 12.1. The SMILES string of the molecule is O=C(Cc1ccncc1)Nc1ccc2c(c1)[C@@H]1C[C@H](CC(=O)N3CCCCC3)O[C@H](CO)[C@@H]1O2. The first-order chi connectivity index (χ1) is 16.6. The molecule has 0 radical (unpaired) electrons.